The zero-order valence-corrected chi connectivity index (χ0v) is 6.04. The summed E-state index contributed by atoms with van der Waals surface area (Å²) in [5, 5.41) is 0. The molecule has 0 nitrogen and oxygen atoms in total. The molecule has 0 aromatic carbocycles. The number of hydrogen-bond donors (Lipinski definition) is 0. The number of hydrogen-bond acceptors (Lipinski definition) is 0. The van der Waals surface area contributed by atoms with Crippen LogP contribution in [0.3, 0.4) is 0 Å². The second-order valence-electron chi connectivity index (χ2n) is 2.80. The molecule has 2 aliphatic carbocycles. The lowest BCUT2D eigenvalue weighted by molar-refractivity contribution is 0.928. The predicted molar refractivity (Wildman–Crippen MR) is 43.6 cm³/mol. The normalized spacial score (nSPS) is 27.9. The van der Waals surface area contributed by atoms with Gasteiger partial charge in [-0.25, -0.2) is 0 Å². The molecule has 0 fully saturated rings. The maximum atomic E-state index is 2.24. The first-order valence-corrected chi connectivity index (χ1v) is 3.61. The van der Waals surface area contributed by atoms with Crippen molar-refractivity contribution in [1.29, 1.82) is 0 Å². The Labute approximate surface area is 61.3 Å². The summed E-state index contributed by atoms with van der Waals surface area (Å²) < 4.78 is 0. The zero-order valence-electron chi connectivity index (χ0n) is 6.04. The van der Waals surface area contributed by atoms with Gasteiger partial charge in [-0.2, -0.15) is 0 Å². The van der Waals surface area contributed by atoms with Gasteiger partial charge in [0.05, 0.1) is 0 Å². The molecule has 1 unspecified atom stereocenters. The van der Waals surface area contributed by atoms with Crippen LogP contribution in [-0.4, -0.2) is 0 Å². The van der Waals surface area contributed by atoms with Gasteiger partial charge >= 0.3 is 0 Å². The van der Waals surface area contributed by atoms with Gasteiger partial charge in [0, 0.05) is 5.92 Å². The van der Waals surface area contributed by atoms with Gasteiger partial charge in [0.25, 0.3) is 0 Å². The van der Waals surface area contributed by atoms with Gasteiger partial charge < -0.3 is 0 Å². The van der Waals surface area contributed by atoms with Crippen LogP contribution in [-0.2, 0) is 0 Å². The SMILES string of the molecule is CC1=CC=CC2=CC=CC12. The minimum Gasteiger partial charge on any atom is -0.0730 e. The molecular formula is C10H10. The summed E-state index contributed by atoms with van der Waals surface area (Å²) in [6.07, 6.45) is 13.0. The number of rotatable bonds is 0. The molecule has 0 aromatic heterocycles. The third kappa shape index (κ3) is 0.688. The van der Waals surface area contributed by atoms with Crippen molar-refractivity contribution < 1.29 is 0 Å². The molecule has 0 heteroatoms. The Morgan fingerprint density at radius 3 is 2.90 bits per heavy atom. The quantitative estimate of drug-likeness (QED) is 0.473. The molecule has 0 aromatic rings. The fourth-order valence-electron chi connectivity index (χ4n) is 1.48. The van der Waals surface area contributed by atoms with Crippen molar-refractivity contribution >= 4 is 0 Å². The van der Waals surface area contributed by atoms with Crippen molar-refractivity contribution in [3.8, 4) is 0 Å². The molecule has 10 heavy (non-hydrogen) atoms. The third-order valence-electron chi connectivity index (χ3n) is 2.09. The van der Waals surface area contributed by atoms with Crippen LogP contribution < -0.4 is 0 Å². The molecular weight excluding hydrogens is 120 g/mol. The smallest absolute Gasteiger partial charge is 0.0231 e. The van der Waals surface area contributed by atoms with E-state index in [0.717, 1.165) is 0 Å². The summed E-state index contributed by atoms with van der Waals surface area (Å²) in [5.74, 6) is 0.588. The number of fused-ring (bicyclic) bond motifs is 1. The van der Waals surface area contributed by atoms with Crippen molar-refractivity contribution in [3.63, 3.8) is 0 Å². The molecule has 0 spiro atoms. The van der Waals surface area contributed by atoms with Crippen LogP contribution in [0.25, 0.3) is 0 Å². The van der Waals surface area contributed by atoms with Crippen LogP contribution in [0, 0.1) is 5.92 Å². The van der Waals surface area contributed by atoms with Crippen LogP contribution in [0.4, 0.5) is 0 Å². The molecule has 0 N–H and O–H groups in total. The molecule has 50 valence electrons. The molecule has 0 saturated carbocycles. The summed E-state index contributed by atoms with van der Waals surface area (Å²) >= 11 is 0. The van der Waals surface area contributed by atoms with Crippen molar-refractivity contribution in [2.45, 2.75) is 6.92 Å². The van der Waals surface area contributed by atoms with E-state index in [-0.39, 0.29) is 0 Å². The third-order valence-corrected chi connectivity index (χ3v) is 2.09. The minimum absolute atomic E-state index is 0.588. The maximum Gasteiger partial charge on any atom is 0.0231 e. The predicted octanol–water partition coefficient (Wildman–Crippen LogP) is 2.61. The largest absolute Gasteiger partial charge is 0.0730 e. The Balaban J connectivity index is 2.43. The van der Waals surface area contributed by atoms with Crippen LogP contribution in [0.2, 0.25) is 0 Å². The van der Waals surface area contributed by atoms with Crippen molar-refractivity contribution in [2.75, 3.05) is 0 Å². The highest BCUT2D eigenvalue weighted by molar-refractivity contribution is 5.46. The van der Waals surface area contributed by atoms with E-state index in [0.29, 0.717) is 5.92 Å². The van der Waals surface area contributed by atoms with E-state index in [1.807, 2.05) is 0 Å². The zero-order chi connectivity index (χ0) is 6.97. The van der Waals surface area contributed by atoms with E-state index < -0.39 is 0 Å². The van der Waals surface area contributed by atoms with Gasteiger partial charge in [0.1, 0.15) is 0 Å². The molecule has 0 amide bonds. The minimum atomic E-state index is 0.588. The summed E-state index contributed by atoms with van der Waals surface area (Å²) in [4.78, 5) is 0. The van der Waals surface area contributed by atoms with E-state index in [2.05, 4.69) is 43.4 Å². The Bertz CT molecular complexity index is 262. The molecule has 2 rings (SSSR count). The fourth-order valence-corrected chi connectivity index (χ4v) is 1.48. The highest BCUT2D eigenvalue weighted by Gasteiger charge is 2.15. The first kappa shape index (κ1) is 5.72. The Morgan fingerprint density at radius 2 is 2.10 bits per heavy atom. The second kappa shape index (κ2) is 1.98. The topological polar surface area (TPSA) is 0 Å². The average molecular weight is 130 g/mol. The molecule has 0 aliphatic heterocycles. The first-order valence-electron chi connectivity index (χ1n) is 3.61. The Kier molecular flexibility index (Phi) is 1.13. The van der Waals surface area contributed by atoms with Crippen LogP contribution in [0.5, 0.6) is 0 Å². The Hall–Kier alpha value is -1.04. The molecule has 0 saturated heterocycles. The monoisotopic (exact) mass is 130 g/mol. The van der Waals surface area contributed by atoms with E-state index in [4.69, 9.17) is 0 Å². The molecule has 2 aliphatic rings. The van der Waals surface area contributed by atoms with E-state index in [9.17, 15) is 0 Å². The summed E-state index contributed by atoms with van der Waals surface area (Å²) in [6, 6.07) is 0. The van der Waals surface area contributed by atoms with Gasteiger partial charge in [-0.1, -0.05) is 42.0 Å². The first-order chi connectivity index (χ1) is 4.88. The summed E-state index contributed by atoms with van der Waals surface area (Å²) in [6.45, 7) is 2.18. The molecule has 0 heterocycles. The highest BCUT2D eigenvalue weighted by atomic mass is 14.2. The van der Waals surface area contributed by atoms with Gasteiger partial charge in [-0.15, -0.1) is 0 Å². The summed E-state index contributed by atoms with van der Waals surface area (Å²) in [5.41, 5.74) is 2.88. The van der Waals surface area contributed by atoms with Crippen molar-refractivity contribution in [3.05, 3.63) is 47.6 Å². The summed E-state index contributed by atoms with van der Waals surface area (Å²) in [7, 11) is 0. The van der Waals surface area contributed by atoms with Crippen LogP contribution in [0.15, 0.2) is 47.6 Å². The van der Waals surface area contributed by atoms with Crippen LogP contribution >= 0.6 is 0 Å². The van der Waals surface area contributed by atoms with Gasteiger partial charge in [0.15, 0.2) is 0 Å². The van der Waals surface area contributed by atoms with Gasteiger partial charge in [-0.3, -0.25) is 0 Å². The second-order valence-corrected chi connectivity index (χ2v) is 2.80. The molecule has 1 atom stereocenters. The van der Waals surface area contributed by atoms with Crippen molar-refractivity contribution in [2.24, 2.45) is 5.92 Å². The highest BCUT2D eigenvalue weighted by Crippen LogP contribution is 2.30. The van der Waals surface area contributed by atoms with Crippen LogP contribution in [0.1, 0.15) is 6.92 Å². The number of allylic oxidation sites excluding steroid dienone is 8. The maximum absolute atomic E-state index is 2.24. The lowest BCUT2D eigenvalue weighted by Crippen LogP contribution is -2.00. The van der Waals surface area contributed by atoms with E-state index >= 15 is 0 Å². The Morgan fingerprint density at radius 1 is 1.20 bits per heavy atom. The van der Waals surface area contributed by atoms with E-state index in [1.54, 1.807) is 0 Å². The standard InChI is InChI=1S/C10H10/c1-8-4-2-5-9-6-3-7-10(8)9/h2-7,10H,1H3. The average Bonchev–Trinajstić information content (AvgIpc) is 2.36. The van der Waals surface area contributed by atoms with Crippen molar-refractivity contribution in [1.82, 2.24) is 0 Å². The lowest BCUT2D eigenvalue weighted by Gasteiger charge is -2.14. The molecule has 0 radical (unpaired) electrons. The fraction of sp³-hybridized carbons (Fsp3) is 0.200. The molecule has 0 bridgehead atoms. The lowest BCUT2D eigenvalue weighted by atomic mass is 9.91. The van der Waals surface area contributed by atoms with E-state index in [1.165, 1.54) is 11.1 Å². The van der Waals surface area contributed by atoms with Gasteiger partial charge in [-0.05, 0) is 12.5 Å². The van der Waals surface area contributed by atoms with Gasteiger partial charge in [0.2, 0.25) is 0 Å².